The molecule has 0 spiro atoms. The van der Waals surface area contributed by atoms with Crippen molar-refractivity contribution in [3.63, 3.8) is 0 Å². The molecule has 2 aromatic heterocycles. The Kier molecular flexibility index (Phi) is 2.02. The molecule has 2 heterocycles. The maximum Gasteiger partial charge on any atom is 0.170 e. The van der Waals surface area contributed by atoms with Crippen molar-refractivity contribution in [3.8, 4) is 5.69 Å². The van der Waals surface area contributed by atoms with Gasteiger partial charge in [0, 0.05) is 12.1 Å². The van der Waals surface area contributed by atoms with Gasteiger partial charge < -0.3 is 0 Å². The predicted octanol–water partition coefficient (Wildman–Crippen LogP) is 1.35. The van der Waals surface area contributed by atoms with Crippen LogP contribution in [0.15, 0.2) is 24.7 Å². The van der Waals surface area contributed by atoms with Gasteiger partial charge in [0.15, 0.2) is 12.1 Å². The third-order valence-electron chi connectivity index (χ3n) is 2.63. The second-order valence-corrected chi connectivity index (χ2v) is 3.85. The number of aromatic nitrogens is 4. The first-order valence-electron chi connectivity index (χ1n) is 5.20. The highest BCUT2D eigenvalue weighted by molar-refractivity contribution is 5.77. The van der Waals surface area contributed by atoms with Crippen molar-refractivity contribution in [2.24, 2.45) is 0 Å². The number of pyridine rings is 1. The van der Waals surface area contributed by atoms with E-state index in [1.54, 1.807) is 23.3 Å². The number of rotatable bonds is 3. The van der Waals surface area contributed by atoms with Crippen LogP contribution in [0.4, 0.5) is 0 Å². The van der Waals surface area contributed by atoms with Gasteiger partial charge in [-0.25, -0.2) is 9.67 Å². The van der Waals surface area contributed by atoms with Gasteiger partial charge in [-0.3, -0.25) is 9.78 Å². The zero-order valence-electron chi connectivity index (χ0n) is 8.58. The summed E-state index contributed by atoms with van der Waals surface area (Å²) in [5.41, 5.74) is 1.06. The van der Waals surface area contributed by atoms with Crippen LogP contribution in [0.1, 0.15) is 35.1 Å². The van der Waals surface area contributed by atoms with Crippen LogP contribution in [0, 0.1) is 0 Å². The molecule has 0 unspecified atom stereocenters. The average Bonchev–Trinajstić information content (AvgIpc) is 3.07. The van der Waals surface area contributed by atoms with Crippen molar-refractivity contribution in [1.29, 1.82) is 0 Å². The van der Waals surface area contributed by atoms with E-state index in [4.69, 9.17) is 0 Å². The van der Waals surface area contributed by atoms with E-state index in [1.165, 1.54) is 0 Å². The maximum absolute atomic E-state index is 10.8. The van der Waals surface area contributed by atoms with Gasteiger partial charge in [-0.1, -0.05) is 0 Å². The lowest BCUT2D eigenvalue weighted by atomic mass is 10.3. The van der Waals surface area contributed by atoms with Crippen molar-refractivity contribution < 1.29 is 4.79 Å². The first-order chi connectivity index (χ1) is 7.88. The van der Waals surface area contributed by atoms with E-state index in [-0.39, 0.29) is 0 Å². The number of carbonyl (C=O) groups is 1. The van der Waals surface area contributed by atoms with Crippen LogP contribution in [-0.2, 0) is 0 Å². The molecule has 1 aliphatic carbocycles. The quantitative estimate of drug-likeness (QED) is 0.723. The Bertz CT molecular complexity index is 530. The molecule has 0 aromatic carbocycles. The predicted molar refractivity (Wildman–Crippen MR) is 56.5 cm³/mol. The fourth-order valence-electron chi connectivity index (χ4n) is 1.61. The summed E-state index contributed by atoms with van der Waals surface area (Å²) in [4.78, 5) is 19.1. The summed E-state index contributed by atoms with van der Waals surface area (Å²) >= 11 is 0. The molecule has 2 aromatic rings. The molecule has 5 nitrogen and oxygen atoms in total. The number of carbonyl (C=O) groups excluding carboxylic acids is 1. The molecule has 0 N–H and O–H groups in total. The highest BCUT2D eigenvalue weighted by atomic mass is 16.1. The molecule has 80 valence electrons. The summed E-state index contributed by atoms with van der Waals surface area (Å²) in [6.07, 6.45) is 6.28. The van der Waals surface area contributed by atoms with Gasteiger partial charge in [0.05, 0.1) is 5.69 Å². The normalized spacial score (nSPS) is 15.0. The monoisotopic (exact) mass is 214 g/mol. The summed E-state index contributed by atoms with van der Waals surface area (Å²) in [6.45, 7) is 0. The van der Waals surface area contributed by atoms with Crippen LogP contribution in [-0.4, -0.2) is 26.0 Å². The summed E-state index contributed by atoms with van der Waals surface area (Å²) < 4.78 is 1.62. The van der Waals surface area contributed by atoms with Gasteiger partial charge >= 0.3 is 0 Å². The van der Waals surface area contributed by atoms with Crippen molar-refractivity contribution in [2.45, 2.75) is 18.8 Å². The van der Waals surface area contributed by atoms with Crippen LogP contribution in [0.5, 0.6) is 0 Å². The molecule has 0 bridgehead atoms. The standard InChI is InChI=1S/C11H10N4O/c16-6-9-10(2-1-5-12-9)15-7-13-11(14-15)8-3-4-8/h1-2,5-8H,3-4H2. The lowest BCUT2D eigenvalue weighted by Crippen LogP contribution is -2.01. The lowest BCUT2D eigenvalue weighted by Gasteiger charge is -2.01. The fourth-order valence-corrected chi connectivity index (χ4v) is 1.61. The van der Waals surface area contributed by atoms with Crippen molar-refractivity contribution in [2.75, 3.05) is 0 Å². The minimum Gasteiger partial charge on any atom is -0.296 e. The zero-order valence-corrected chi connectivity index (χ0v) is 8.58. The summed E-state index contributed by atoms with van der Waals surface area (Å²) in [5, 5.41) is 4.36. The van der Waals surface area contributed by atoms with Gasteiger partial charge in [0.2, 0.25) is 0 Å². The number of aldehydes is 1. The van der Waals surface area contributed by atoms with Gasteiger partial charge in [0.25, 0.3) is 0 Å². The van der Waals surface area contributed by atoms with Gasteiger partial charge in [-0.05, 0) is 25.0 Å². The van der Waals surface area contributed by atoms with E-state index in [2.05, 4.69) is 15.1 Å². The van der Waals surface area contributed by atoms with Crippen LogP contribution in [0.3, 0.4) is 0 Å². The first-order valence-corrected chi connectivity index (χ1v) is 5.20. The second kappa shape index (κ2) is 3.52. The Labute approximate surface area is 92.2 Å². The second-order valence-electron chi connectivity index (χ2n) is 3.85. The minimum atomic E-state index is 0.384. The Hall–Kier alpha value is -2.04. The van der Waals surface area contributed by atoms with Crippen LogP contribution < -0.4 is 0 Å². The SMILES string of the molecule is O=Cc1ncccc1-n1cnc(C2CC2)n1. The Morgan fingerprint density at radius 3 is 3.00 bits per heavy atom. The molecule has 5 heteroatoms. The summed E-state index contributed by atoms with van der Waals surface area (Å²) in [6, 6.07) is 3.59. The molecule has 0 aliphatic heterocycles. The minimum absolute atomic E-state index is 0.384. The molecular formula is C11H10N4O. The lowest BCUT2D eigenvalue weighted by molar-refractivity contribution is 0.111. The molecule has 0 saturated heterocycles. The molecule has 3 rings (SSSR count). The molecular weight excluding hydrogens is 204 g/mol. The molecule has 1 fully saturated rings. The van der Waals surface area contributed by atoms with E-state index >= 15 is 0 Å². The van der Waals surface area contributed by atoms with Gasteiger partial charge in [0.1, 0.15) is 12.0 Å². The van der Waals surface area contributed by atoms with Crippen LogP contribution in [0.25, 0.3) is 5.69 Å². The molecule has 1 saturated carbocycles. The van der Waals surface area contributed by atoms with Crippen molar-refractivity contribution >= 4 is 6.29 Å². The maximum atomic E-state index is 10.8. The van der Waals surface area contributed by atoms with Gasteiger partial charge in [-0.2, -0.15) is 5.10 Å². The molecule has 0 atom stereocenters. The highest BCUT2D eigenvalue weighted by Gasteiger charge is 2.27. The summed E-state index contributed by atoms with van der Waals surface area (Å²) in [7, 11) is 0. The Balaban J connectivity index is 2.03. The number of hydrogen-bond donors (Lipinski definition) is 0. The molecule has 0 radical (unpaired) electrons. The van der Waals surface area contributed by atoms with E-state index in [0.29, 0.717) is 17.3 Å². The molecule has 0 amide bonds. The zero-order chi connectivity index (χ0) is 11.0. The first kappa shape index (κ1) is 9.21. The smallest absolute Gasteiger partial charge is 0.170 e. The molecule has 1 aliphatic rings. The number of hydrogen-bond acceptors (Lipinski definition) is 4. The van der Waals surface area contributed by atoms with Crippen molar-refractivity contribution in [3.05, 3.63) is 36.2 Å². The van der Waals surface area contributed by atoms with Crippen molar-refractivity contribution in [1.82, 2.24) is 19.7 Å². The van der Waals surface area contributed by atoms with E-state index in [1.807, 2.05) is 6.07 Å². The summed E-state index contributed by atoms with van der Waals surface area (Å²) in [5.74, 6) is 1.37. The topological polar surface area (TPSA) is 60.7 Å². The highest BCUT2D eigenvalue weighted by Crippen LogP contribution is 2.37. The van der Waals surface area contributed by atoms with Crippen LogP contribution >= 0.6 is 0 Å². The van der Waals surface area contributed by atoms with E-state index < -0.39 is 0 Å². The average molecular weight is 214 g/mol. The fraction of sp³-hybridized carbons (Fsp3) is 0.273. The third kappa shape index (κ3) is 1.50. The van der Waals surface area contributed by atoms with Crippen LogP contribution in [0.2, 0.25) is 0 Å². The largest absolute Gasteiger partial charge is 0.296 e. The third-order valence-corrected chi connectivity index (χ3v) is 2.63. The van der Waals surface area contributed by atoms with Gasteiger partial charge in [-0.15, -0.1) is 0 Å². The number of nitrogens with zero attached hydrogens (tertiary/aromatic N) is 4. The Morgan fingerprint density at radius 2 is 2.25 bits per heavy atom. The van der Waals surface area contributed by atoms with E-state index in [0.717, 1.165) is 25.0 Å². The van der Waals surface area contributed by atoms with E-state index in [9.17, 15) is 4.79 Å². The molecule has 16 heavy (non-hydrogen) atoms. The Morgan fingerprint density at radius 1 is 1.38 bits per heavy atom.